The fraction of sp³-hybridized carbons (Fsp3) is 0.250. The van der Waals surface area contributed by atoms with E-state index in [9.17, 15) is 14.4 Å². The highest BCUT2D eigenvalue weighted by molar-refractivity contribution is 5.98. The van der Waals surface area contributed by atoms with Gasteiger partial charge in [-0.1, -0.05) is 12.1 Å². The van der Waals surface area contributed by atoms with Crippen LogP contribution in [0.2, 0.25) is 0 Å². The molecule has 2 aromatic rings. The third-order valence-electron chi connectivity index (χ3n) is 3.63. The Kier molecular flexibility index (Phi) is 6.54. The Labute approximate surface area is 157 Å². The first kappa shape index (κ1) is 20.0. The molecule has 0 heterocycles. The number of para-hydroxylation sites is 1. The maximum atomic E-state index is 12.0. The maximum Gasteiger partial charge on any atom is 0.340 e. The van der Waals surface area contributed by atoms with Crippen molar-refractivity contribution in [2.75, 3.05) is 17.7 Å². The van der Waals surface area contributed by atoms with E-state index in [4.69, 9.17) is 15.2 Å². The Morgan fingerprint density at radius 1 is 1.04 bits per heavy atom. The molecular formula is C20H22N2O5. The van der Waals surface area contributed by atoms with Gasteiger partial charge in [-0.15, -0.1) is 0 Å². The molecule has 0 spiro atoms. The molecule has 7 heteroatoms. The van der Waals surface area contributed by atoms with Crippen molar-refractivity contribution >= 4 is 29.2 Å². The number of hydrogen-bond donors (Lipinski definition) is 2. The van der Waals surface area contributed by atoms with Crippen molar-refractivity contribution in [1.29, 1.82) is 0 Å². The van der Waals surface area contributed by atoms with Crippen LogP contribution in [0.25, 0.3) is 0 Å². The molecule has 0 aromatic heterocycles. The lowest BCUT2D eigenvalue weighted by molar-refractivity contribution is -0.119. The third-order valence-corrected chi connectivity index (χ3v) is 3.63. The monoisotopic (exact) mass is 370 g/mol. The first-order valence-electron chi connectivity index (χ1n) is 8.41. The number of nitrogen functional groups attached to an aromatic ring is 1. The van der Waals surface area contributed by atoms with Crippen LogP contribution in [0.15, 0.2) is 42.5 Å². The molecule has 2 rings (SSSR count). The highest BCUT2D eigenvalue weighted by atomic mass is 16.5. The SMILES string of the molecule is Cc1cccc(C(=O)OCC(=O)Nc2ccc(C(=O)OC(C)C)cc2)c1N. The van der Waals surface area contributed by atoms with Crippen molar-refractivity contribution in [3.8, 4) is 0 Å². The minimum absolute atomic E-state index is 0.214. The molecule has 0 fully saturated rings. The van der Waals surface area contributed by atoms with Crippen molar-refractivity contribution < 1.29 is 23.9 Å². The predicted octanol–water partition coefficient (Wildman–Crippen LogP) is 2.94. The van der Waals surface area contributed by atoms with E-state index in [0.29, 0.717) is 16.9 Å². The summed E-state index contributed by atoms with van der Waals surface area (Å²) in [7, 11) is 0. The van der Waals surface area contributed by atoms with Gasteiger partial charge in [-0.05, 0) is 56.7 Å². The second-order valence-corrected chi connectivity index (χ2v) is 6.19. The molecule has 0 unspecified atom stereocenters. The van der Waals surface area contributed by atoms with E-state index in [-0.39, 0.29) is 11.7 Å². The third kappa shape index (κ3) is 5.57. The molecule has 0 aliphatic heterocycles. The molecule has 1 amide bonds. The quantitative estimate of drug-likeness (QED) is 0.598. The van der Waals surface area contributed by atoms with Gasteiger partial charge < -0.3 is 20.5 Å². The van der Waals surface area contributed by atoms with Crippen LogP contribution in [0.4, 0.5) is 11.4 Å². The summed E-state index contributed by atoms with van der Waals surface area (Å²) in [5.41, 5.74) is 7.98. The molecule has 0 aliphatic rings. The van der Waals surface area contributed by atoms with E-state index < -0.39 is 24.5 Å². The van der Waals surface area contributed by atoms with E-state index in [1.807, 2.05) is 0 Å². The number of carbonyl (C=O) groups is 3. The summed E-state index contributed by atoms with van der Waals surface area (Å²) in [6.45, 7) is 4.85. The number of nitrogens with one attached hydrogen (secondary N) is 1. The molecule has 0 aliphatic carbocycles. The van der Waals surface area contributed by atoms with Crippen molar-refractivity contribution in [2.24, 2.45) is 0 Å². The lowest BCUT2D eigenvalue weighted by Gasteiger charge is -2.10. The molecule has 2 aromatic carbocycles. The number of rotatable bonds is 6. The fourth-order valence-corrected chi connectivity index (χ4v) is 2.24. The van der Waals surface area contributed by atoms with Crippen LogP contribution in [0.5, 0.6) is 0 Å². The summed E-state index contributed by atoms with van der Waals surface area (Å²) < 4.78 is 10.1. The van der Waals surface area contributed by atoms with Crippen molar-refractivity contribution in [2.45, 2.75) is 26.9 Å². The van der Waals surface area contributed by atoms with Crippen LogP contribution < -0.4 is 11.1 Å². The summed E-state index contributed by atoms with van der Waals surface area (Å²) in [5.74, 6) is -1.61. The second kappa shape index (κ2) is 8.84. The van der Waals surface area contributed by atoms with Crippen molar-refractivity contribution in [1.82, 2.24) is 0 Å². The van der Waals surface area contributed by atoms with Gasteiger partial charge in [0.2, 0.25) is 0 Å². The summed E-state index contributed by atoms with van der Waals surface area (Å²) in [6.07, 6.45) is -0.214. The largest absolute Gasteiger partial charge is 0.459 e. The van der Waals surface area contributed by atoms with E-state index in [1.165, 1.54) is 6.07 Å². The van der Waals surface area contributed by atoms with Gasteiger partial charge in [0.15, 0.2) is 6.61 Å². The summed E-state index contributed by atoms with van der Waals surface area (Å²) >= 11 is 0. The molecule has 3 N–H and O–H groups in total. The summed E-state index contributed by atoms with van der Waals surface area (Å²) in [4.78, 5) is 35.8. The van der Waals surface area contributed by atoms with Gasteiger partial charge in [0.1, 0.15) is 0 Å². The average molecular weight is 370 g/mol. The summed E-state index contributed by atoms with van der Waals surface area (Å²) in [5, 5.41) is 2.58. The Balaban J connectivity index is 1.89. The highest BCUT2D eigenvalue weighted by Crippen LogP contribution is 2.17. The molecule has 0 saturated carbocycles. The minimum Gasteiger partial charge on any atom is -0.459 e. The average Bonchev–Trinajstić information content (AvgIpc) is 2.62. The lowest BCUT2D eigenvalue weighted by Crippen LogP contribution is -2.21. The number of amides is 1. The van der Waals surface area contributed by atoms with Gasteiger partial charge in [-0.3, -0.25) is 4.79 Å². The van der Waals surface area contributed by atoms with Crippen LogP contribution in [0.1, 0.15) is 40.1 Å². The zero-order valence-corrected chi connectivity index (χ0v) is 15.4. The van der Waals surface area contributed by atoms with Crippen molar-refractivity contribution in [3.63, 3.8) is 0 Å². The smallest absolute Gasteiger partial charge is 0.340 e. The van der Waals surface area contributed by atoms with E-state index in [1.54, 1.807) is 57.2 Å². The Bertz CT molecular complexity index is 844. The molecule has 0 atom stereocenters. The number of carbonyl (C=O) groups excluding carboxylic acids is 3. The topological polar surface area (TPSA) is 108 Å². The first-order chi connectivity index (χ1) is 12.8. The molecule has 0 saturated heterocycles. The number of hydrogen-bond acceptors (Lipinski definition) is 6. The molecule has 7 nitrogen and oxygen atoms in total. The van der Waals surface area contributed by atoms with Gasteiger partial charge in [-0.2, -0.15) is 0 Å². The Hall–Kier alpha value is -3.35. The zero-order chi connectivity index (χ0) is 20.0. The normalized spacial score (nSPS) is 10.4. The lowest BCUT2D eigenvalue weighted by atomic mass is 10.1. The fourth-order valence-electron chi connectivity index (χ4n) is 2.24. The van der Waals surface area contributed by atoms with Crippen molar-refractivity contribution in [3.05, 3.63) is 59.2 Å². The van der Waals surface area contributed by atoms with Crippen LogP contribution in [0.3, 0.4) is 0 Å². The van der Waals surface area contributed by atoms with E-state index in [2.05, 4.69) is 5.32 Å². The minimum atomic E-state index is -0.668. The molecule has 0 bridgehead atoms. The zero-order valence-electron chi connectivity index (χ0n) is 15.4. The number of aryl methyl sites for hydroxylation is 1. The van der Waals surface area contributed by atoms with Crippen LogP contribution in [0, 0.1) is 6.92 Å². The highest BCUT2D eigenvalue weighted by Gasteiger charge is 2.14. The number of anilines is 2. The molecule has 27 heavy (non-hydrogen) atoms. The Morgan fingerprint density at radius 2 is 1.70 bits per heavy atom. The Morgan fingerprint density at radius 3 is 2.33 bits per heavy atom. The maximum absolute atomic E-state index is 12.0. The first-order valence-corrected chi connectivity index (χ1v) is 8.41. The predicted molar refractivity (Wildman–Crippen MR) is 101 cm³/mol. The number of benzene rings is 2. The van der Waals surface area contributed by atoms with Gasteiger partial charge in [-0.25, -0.2) is 9.59 Å². The van der Waals surface area contributed by atoms with Crippen LogP contribution >= 0.6 is 0 Å². The standard InChI is InChI=1S/C20H22N2O5/c1-12(2)27-19(24)14-7-9-15(10-8-14)22-17(23)11-26-20(25)16-6-4-5-13(3)18(16)21/h4-10,12H,11,21H2,1-3H3,(H,22,23). The summed E-state index contributed by atoms with van der Waals surface area (Å²) in [6, 6.07) is 11.2. The van der Waals surface area contributed by atoms with Crippen LogP contribution in [-0.2, 0) is 14.3 Å². The number of nitrogens with two attached hydrogens (primary N) is 1. The van der Waals surface area contributed by atoms with E-state index >= 15 is 0 Å². The molecule has 0 radical (unpaired) electrons. The van der Waals surface area contributed by atoms with Gasteiger partial charge in [0.05, 0.1) is 17.2 Å². The molecular weight excluding hydrogens is 348 g/mol. The van der Waals surface area contributed by atoms with E-state index in [0.717, 1.165) is 5.56 Å². The number of ether oxygens (including phenoxy) is 2. The number of esters is 2. The van der Waals surface area contributed by atoms with Gasteiger partial charge >= 0.3 is 11.9 Å². The van der Waals surface area contributed by atoms with Gasteiger partial charge in [0, 0.05) is 11.4 Å². The molecule has 142 valence electrons. The van der Waals surface area contributed by atoms with Gasteiger partial charge in [0.25, 0.3) is 5.91 Å². The second-order valence-electron chi connectivity index (χ2n) is 6.19. The van der Waals surface area contributed by atoms with Crippen LogP contribution in [-0.4, -0.2) is 30.6 Å².